The van der Waals surface area contributed by atoms with Gasteiger partial charge in [-0.15, -0.1) is 0 Å². The number of nitrogens with zero attached hydrogens (tertiary/aromatic N) is 1. The predicted molar refractivity (Wildman–Crippen MR) is 94.6 cm³/mol. The van der Waals surface area contributed by atoms with Crippen LogP contribution in [0.4, 0.5) is 0 Å². The molecular formula is C19H22N2O3. The van der Waals surface area contributed by atoms with E-state index in [1.54, 1.807) is 13.1 Å². The maximum atomic E-state index is 12.0. The summed E-state index contributed by atoms with van der Waals surface area (Å²) in [6.45, 7) is 6.22. The Morgan fingerprint density at radius 1 is 1.21 bits per heavy atom. The second-order valence-corrected chi connectivity index (χ2v) is 5.31. The number of nitrogens with one attached hydrogen (secondary N) is 1. The van der Waals surface area contributed by atoms with Crippen LogP contribution in [0, 0.1) is 6.92 Å². The summed E-state index contributed by atoms with van der Waals surface area (Å²) in [6.07, 6.45) is 0.941. The quantitative estimate of drug-likeness (QED) is 0.627. The van der Waals surface area contributed by atoms with Gasteiger partial charge in [0.25, 0.3) is 5.91 Å². The lowest BCUT2D eigenvalue weighted by Gasteiger charge is -2.13. The van der Waals surface area contributed by atoms with Gasteiger partial charge in [0.2, 0.25) is 0 Å². The number of carbonyl (C=O) groups excluding carboxylic acids is 1. The van der Waals surface area contributed by atoms with Gasteiger partial charge in [0.15, 0.2) is 6.10 Å². The lowest BCUT2D eigenvalue weighted by atomic mass is 10.2. The largest absolute Gasteiger partial charge is 0.494 e. The van der Waals surface area contributed by atoms with Crippen molar-refractivity contribution in [3.8, 4) is 11.5 Å². The van der Waals surface area contributed by atoms with Gasteiger partial charge in [-0.05, 0) is 68.3 Å². The van der Waals surface area contributed by atoms with Crippen molar-refractivity contribution in [2.45, 2.75) is 26.9 Å². The average Bonchev–Trinajstić information content (AvgIpc) is 2.56. The van der Waals surface area contributed by atoms with Crippen molar-refractivity contribution in [2.75, 3.05) is 6.61 Å². The van der Waals surface area contributed by atoms with Crippen LogP contribution in [0.5, 0.6) is 11.5 Å². The molecule has 0 fully saturated rings. The topological polar surface area (TPSA) is 59.9 Å². The molecule has 0 saturated heterocycles. The first-order chi connectivity index (χ1) is 11.6. The molecule has 5 nitrogen and oxygen atoms in total. The molecule has 0 radical (unpaired) electrons. The third kappa shape index (κ3) is 5.43. The second kappa shape index (κ2) is 8.72. The summed E-state index contributed by atoms with van der Waals surface area (Å²) >= 11 is 0. The number of aryl methyl sites for hydroxylation is 1. The molecule has 2 aromatic carbocycles. The highest BCUT2D eigenvalue weighted by molar-refractivity contribution is 5.84. The minimum Gasteiger partial charge on any atom is -0.494 e. The third-order valence-electron chi connectivity index (χ3n) is 3.25. The molecule has 2 rings (SSSR count). The highest BCUT2D eigenvalue weighted by atomic mass is 16.5. The lowest BCUT2D eigenvalue weighted by molar-refractivity contribution is -0.127. The first-order valence-corrected chi connectivity index (χ1v) is 7.87. The first kappa shape index (κ1) is 17.5. The average molecular weight is 326 g/mol. The van der Waals surface area contributed by atoms with Gasteiger partial charge in [0, 0.05) is 0 Å². The van der Waals surface area contributed by atoms with Crippen molar-refractivity contribution in [1.82, 2.24) is 5.43 Å². The fourth-order valence-electron chi connectivity index (χ4n) is 2.02. The van der Waals surface area contributed by atoms with Gasteiger partial charge in [-0.2, -0.15) is 5.10 Å². The molecule has 0 aliphatic rings. The van der Waals surface area contributed by atoms with Crippen molar-refractivity contribution in [3.05, 3.63) is 59.7 Å². The van der Waals surface area contributed by atoms with Crippen molar-refractivity contribution >= 4 is 12.1 Å². The van der Waals surface area contributed by atoms with Crippen molar-refractivity contribution < 1.29 is 14.3 Å². The maximum absolute atomic E-state index is 12.0. The van der Waals surface area contributed by atoms with Crippen LogP contribution in [0.3, 0.4) is 0 Å². The van der Waals surface area contributed by atoms with E-state index in [1.165, 1.54) is 0 Å². The fraction of sp³-hybridized carbons (Fsp3) is 0.263. The number of rotatable bonds is 7. The van der Waals surface area contributed by atoms with Gasteiger partial charge < -0.3 is 9.47 Å². The van der Waals surface area contributed by atoms with Crippen LogP contribution in [0.1, 0.15) is 25.0 Å². The van der Waals surface area contributed by atoms with Crippen molar-refractivity contribution in [3.63, 3.8) is 0 Å². The first-order valence-electron chi connectivity index (χ1n) is 7.87. The summed E-state index contributed by atoms with van der Waals surface area (Å²) < 4.78 is 11.0. The standard InChI is InChI=1S/C19H22N2O3/c1-4-23-17-10-8-16(9-11-17)13-20-21-19(22)15(3)24-18-7-5-6-14(2)12-18/h5-13,15H,4H2,1-3H3,(H,21,22)/b20-13+/t15-/m1/s1. The van der Waals surface area contributed by atoms with E-state index in [1.807, 2.05) is 62.4 Å². The number of amides is 1. The zero-order valence-corrected chi connectivity index (χ0v) is 14.2. The van der Waals surface area contributed by atoms with E-state index in [-0.39, 0.29) is 5.91 Å². The second-order valence-electron chi connectivity index (χ2n) is 5.31. The summed E-state index contributed by atoms with van der Waals surface area (Å²) in [5.74, 6) is 1.16. The van der Waals surface area contributed by atoms with Gasteiger partial charge in [0.05, 0.1) is 12.8 Å². The molecule has 1 N–H and O–H groups in total. The zero-order valence-electron chi connectivity index (χ0n) is 14.2. The predicted octanol–water partition coefficient (Wildman–Crippen LogP) is 3.31. The molecule has 0 aliphatic heterocycles. The van der Waals surface area contributed by atoms with E-state index in [4.69, 9.17) is 9.47 Å². The summed E-state index contributed by atoms with van der Waals surface area (Å²) in [5.41, 5.74) is 4.42. The molecule has 0 spiro atoms. The van der Waals surface area contributed by atoms with Crippen LogP contribution < -0.4 is 14.9 Å². The monoisotopic (exact) mass is 326 g/mol. The molecule has 2 aromatic rings. The molecular weight excluding hydrogens is 304 g/mol. The van der Waals surface area contributed by atoms with E-state index in [2.05, 4.69) is 10.5 Å². The lowest BCUT2D eigenvalue weighted by Crippen LogP contribution is -2.33. The number of ether oxygens (including phenoxy) is 2. The van der Waals surface area contributed by atoms with Crippen LogP contribution in [0.15, 0.2) is 53.6 Å². The molecule has 0 aromatic heterocycles. The minimum atomic E-state index is -0.635. The Kier molecular flexibility index (Phi) is 6.37. The van der Waals surface area contributed by atoms with E-state index >= 15 is 0 Å². The Hall–Kier alpha value is -2.82. The molecule has 126 valence electrons. The Morgan fingerprint density at radius 3 is 2.62 bits per heavy atom. The Balaban J connectivity index is 1.85. The number of hydrazone groups is 1. The SMILES string of the molecule is CCOc1ccc(/C=N/NC(=O)[C@@H](C)Oc2cccc(C)c2)cc1. The van der Waals surface area contributed by atoms with Gasteiger partial charge in [-0.25, -0.2) is 5.43 Å². The summed E-state index contributed by atoms with van der Waals surface area (Å²) in [4.78, 5) is 12.0. The van der Waals surface area contributed by atoms with Crippen LogP contribution in [-0.4, -0.2) is 24.8 Å². The van der Waals surface area contributed by atoms with Gasteiger partial charge in [-0.1, -0.05) is 12.1 Å². The Labute approximate surface area is 142 Å². The number of hydrogen-bond donors (Lipinski definition) is 1. The van der Waals surface area contributed by atoms with Crippen molar-refractivity contribution in [2.24, 2.45) is 5.10 Å². The molecule has 1 atom stereocenters. The van der Waals surface area contributed by atoms with Gasteiger partial charge >= 0.3 is 0 Å². The van der Waals surface area contributed by atoms with Gasteiger partial charge in [0.1, 0.15) is 11.5 Å². The molecule has 0 bridgehead atoms. The summed E-state index contributed by atoms with van der Waals surface area (Å²) in [6, 6.07) is 15.0. The Morgan fingerprint density at radius 2 is 1.96 bits per heavy atom. The third-order valence-corrected chi connectivity index (χ3v) is 3.25. The van der Waals surface area contributed by atoms with Gasteiger partial charge in [-0.3, -0.25) is 4.79 Å². The molecule has 1 amide bonds. The molecule has 24 heavy (non-hydrogen) atoms. The van der Waals surface area contributed by atoms with Crippen LogP contribution in [0.2, 0.25) is 0 Å². The number of hydrogen-bond acceptors (Lipinski definition) is 4. The molecule has 5 heteroatoms. The number of carbonyl (C=O) groups is 1. The molecule has 0 aliphatic carbocycles. The Bertz CT molecular complexity index is 696. The molecule has 0 saturated carbocycles. The highest BCUT2D eigenvalue weighted by Crippen LogP contribution is 2.14. The van der Waals surface area contributed by atoms with E-state index in [9.17, 15) is 4.79 Å². The summed E-state index contributed by atoms with van der Waals surface area (Å²) in [5, 5.41) is 3.95. The van der Waals surface area contributed by atoms with Crippen LogP contribution in [0.25, 0.3) is 0 Å². The van der Waals surface area contributed by atoms with E-state index < -0.39 is 6.10 Å². The molecule has 0 heterocycles. The normalized spacial score (nSPS) is 12.0. The van der Waals surface area contributed by atoms with E-state index in [0.717, 1.165) is 16.9 Å². The smallest absolute Gasteiger partial charge is 0.280 e. The summed E-state index contributed by atoms with van der Waals surface area (Å²) in [7, 11) is 0. The molecule has 0 unspecified atom stereocenters. The number of benzene rings is 2. The fourth-order valence-corrected chi connectivity index (χ4v) is 2.02. The van der Waals surface area contributed by atoms with Crippen LogP contribution in [-0.2, 0) is 4.79 Å². The van der Waals surface area contributed by atoms with Crippen molar-refractivity contribution in [1.29, 1.82) is 0 Å². The maximum Gasteiger partial charge on any atom is 0.280 e. The van der Waals surface area contributed by atoms with E-state index in [0.29, 0.717) is 12.4 Å². The highest BCUT2D eigenvalue weighted by Gasteiger charge is 2.13. The minimum absolute atomic E-state index is 0.307. The van der Waals surface area contributed by atoms with Crippen LogP contribution >= 0.6 is 0 Å². The zero-order chi connectivity index (χ0) is 17.4.